The topological polar surface area (TPSA) is 82.6 Å². The molecule has 2 aliphatic heterocycles. The van der Waals surface area contributed by atoms with E-state index in [9.17, 15) is 14.4 Å². The van der Waals surface area contributed by atoms with Gasteiger partial charge in [-0.15, -0.1) is 11.8 Å². The summed E-state index contributed by atoms with van der Waals surface area (Å²) in [5.41, 5.74) is 0.563. The minimum atomic E-state index is -0.365. The molecule has 2 aliphatic rings. The molecule has 1 aromatic heterocycles. The first-order valence-electron chi connectivity index (χ1n) is 7.00. The summed E-state index contributed by atoms with van der Waals surface area (Å²) in [5.74, 6) is -0.331. The highest BCUT2D eigenvalue weighted by Gasteiger charge is 2.39. The molecule has 0 saturated carbocycles. The van der Waals surface area contributed by atoms with Gasteiger partial charge in [-0.3, -0.25) is 14.5 Å². The molecule has 2 saturated heterocycles. The number of thioether (sulfide) groups is 1. The summed E-state index contributed by atoms with van der Waals surface area (Å²) < 4.78 is 0. The van der Waals surface area contributed by atoms with Gasteiger partial charge in [0.15, 0.2) is 0 Å². The van der Waals surface area contributed by atoms with Crippen LogP contribution < -0.4 is 5.32 Å². The summed E-state index contributed by atoms with van der Waals surface area (Å²) in [6.45, 7) is 0.951. The summed E-state index contributed by atoms with van der Waals surface area (Å²) >= 11 is 1.42. The molecule has 1 N–H and O–H groups in total. The average Bonchev–Trinajstić information content (AvgIpc) is 3.13. The van der Waals surface area contributed by atoms with Crippen molar-refractivity contribution in [1.29, 1.82) is 0 Å². The normalized spacial score (nSPS) is 21.4. The maximum atomic E-state index is 12.6. The predicted octanol–water partition coefficient (Wildman–Crippen LogP) is 0.570. The molecule has 2 fully saturated rings. The van der Waals surface area contributed by atoms with Crippen LogP contribution in [0.25, 0.3) is 0 Å². The molecule has 3 rings (SSSR count). The Kier molecular flexibility index (Phi) is 4.02. The predicted molar refractivity (Wildman–Crippen MR) is 80.6 cm³/mol. The second-order valence-electron chi connectivity index (χ2n) is 5.18. The Balaban J connectivity index is 1.74. The van der Waals surface area contributed by atoms with Gasteiger partial charge < -0.3 is 10.2 Å². The highest BCUT2D eigenvalue weighted by atomic mass is 32.2. The molecule has 0 bridgehead atoms. The van der Waals surface area contributed by atoms with Crippen LogP contribution in [0.2, 0.25) is 0 Å². The number of aromatic nitrogens is 1. The van der Waals surface area contributed by atoms with E-state index in [1.165, 1.54) is 16.7 Å². The van der Waals surface area contributed by atoms with Crippen molar-refractivity contribution >= 4 is 29.6 Å². The van der Waals surface area contributed by atoms with Crippen LogP contribution in [0.4, 0.5) is 4.79 Å². The number of rotatable bonds is 3. The molecule has 7 nitrogen and oxygen atoms in total. The van der Waals surface area contributed by atoms with E-state index < -0.39 is 0 Å². The van der Waals surface area contributed by atoms with Gasteiger partial charge in [-0.1, -0.05) is 0 Å². The maximum absolute atomic E-state index is 12.6. The zero-order valence-corrected chi connectivity index (χ0v) is 12.9. The summed E-state index contributed by atoms with van der Waals surface area (Å²) in [6, 6.07) is 2.88. The molecular weight excluding hydrogens is 304 g/mol. The monoisotopic (exact) mass is 320 g/mol. The van der Waals surface area contributed by atoms with Gasteiger partial charge in [-0.2, -0.15) is 0 Å². The fraction of sp³-hybridized carbons (Fsp3) is 0.429. The Labute approximate surface area is 132 Å². The minimum absolute atomic E-state index is 0.0442. The standard InChI is InChI=1S/C14H16N4O3S/c1-22-12-10(3-2-5-15-12)13(20)17-6-4-9(8-17)18-11(19)7-16-14(18)21/h2-3,5,9H,4,6-8H2,1H3,(H,16,21). The van der Waals surface area contributed by atoms with Gasteiger partial charge in [-0.05, 0) is 24.8 Å². The Bertz CT molecular complexity index is 620. The summed E-state index contributed by atoms with van der Waals surface area (Å²) in [5, 5.41) is 3.20. The van der Waals surface area contributed by atoms with Crippen molar-refractivity contribution in [3.63, 3.8) is 0 Å². The molecule has 1 aromatic rings. The molecule has 22 heavy (non-hydrogen) atoms. The Hall–Kier alpha value is -2.09. The van der Waals surface area contributed by atoms with Crippen molar-refractivity contribution in [2.45, 2.75) is 17.5 Å². The zero-order valence-electron chi connectivity index (χ0n) is 12.1. The smallest absolute Gasteiger partial charge is 0.324 e. The van der Waals surface area contributed by atoms with Gasteiger partial charge in [0.1, 0.15) is 5.03 Å². The second kappa shape index (κ2) is 5.96. The lowest BCUT2D eigenvalue weighted by Gasteiger charge is -2.21. The van der Waals surface area contributed by atoms with Crippen molar-refractivity contribution in [2.75, 3.05) is 25.9 Å². The molecule has 0 aromatic carbocycles. The van der Waals surface area contributed by atoms with Crippen LogP contribution in [0.1, 0.15) is 16.8 Å². The summed E-state index contributed by atoms with van der Waals surface area (Å²) in [6.07, 6.45) is 4.14. The number of nitrogens with zero attached hydrogens (tertiary/aromatic N) is 3. The van der Waals surface area contributed by atoms with Crippen LogP contribution in [0, 0.1) is 0 Å². The Morgan fingerprint density at radius 3 is 2.95 bits per heavy atom. The fourth-order valence-electron chi connectivity index (χ4n) is 2.83. The summed E-state index contributed by atoms with van der Waals surface area (Å²) in [4.78, 5) is 43.2. The largest absolute Gasteiger partial charge is 0.336 e. The maximum Gasteiger partial charge on any atom is 0.324 e. The minimum Gasteiger partial charge on any atom is -0.336 e. The molecule has 3 heterocycles. The number of pyridine rings is 1. The molecule has 4 amide bonds. The Morgan fingerprint density at radius 2 is 2.27 bits per heavy atom. The zero-order chi connectivity index (χ0) is 15.7. The van der Waals surface area contributed by atoms with Gasteiger partial charge >= 0.3 is 6.03 Å². The van der Waals surface area contributed by atoms with Crippen LogP contribution in [0.5, 0.6) is 0 Å². The van der Waals surface area contributed by atoms with Gasteiger partial charge in [0.25, 0.3) is 5.91 Å². The highest BCUT2D eigenvalue weighted by molar-refractivity contribution is 7.98. The lowest BCUT2D eigenvalue weighted by Crippen LogP contribution is -2.43. The number of nitrogens with one attached hydrogen (secondary N) is 1. The van der Waals surface area contributed by atoms with Crippen LogP contribution >= 0.6 is 11.8 Å². The first-order chi connectivity index (χ1) is 10.6. The van der Waals surface area contributed by atoms with Gasteiger partial charge in [0.05, 0.1) is 18.2 Å². The number of likely N-dealkylation sites (tertiary alicyclic amines) is 1. The van der Waals surface area contributed by atoms with Crippen LogP contribution in [0.3, 0.4) is 0 Å². The number of urea groups is 1. The van der Waals surface area contributed by atoms with E-state index in [4.69, 9.17) is 0 Å². The van der Waals surface area contributed by atoms with E-state index in [-0.39, 0.29) is 30.4 Å². The molecule has 8 heteroatoms. The van der Waals surface area contributed by atoms with Gasteiger partial charge in [-0.25, -0.2) is 9.78 Å². The number of carbonyl (C=O) groups excluding carboxylic acids is 3. The molecule has 1 atom stereocenters. The van der Waals surface area contributed by atoms with E-state index >= 15 is 0 Å². The SMILES string of the molecule is CSc1ncccc1C(=O)N1CCC(N2C(=O)CNC2=O)C1. The third-order valence-electron chi connectivity index (χ3n) is 3.89. The number of hydrogen-bond acceptors (Lipinski definition) is 5. The third kappa shape index (κ3) is 2.54. The van der Waals surface area contributed by atoms with Crippen LogP contribution in [0.15, 0.2) is 23.4 Å². The van der Waals surface area contributed by atoms with E-state index in [1.54, 1.807) is 23.2 Å². The van der Waals surface area contributed by atoms with E-state index in [1.807, 2.05) is 6.26 Å². The molecule has 1 unspecified atom stereocenters. The number of hydrogen-bond donors (Lipinski definition) is 1. The number of imide groups is 1. The Morgan fingerprint density at radius 1 is 1.45 bits per heavy atom. The van der Waals surface area contributed by atoms with Gasteiger partial charge in [0, 0.05) is 19.3 Å². The lowest BCUT2D eigenvalue weighted by molar-refractivity contribution is -0.126. The molecule has 116 valence electrons. The second-order valence-corrected chi connectivity index (χ2v) is 5.97. The van der Waals surface area contributed by atoms with Crippen molar-refractivity contribution in [3.05, 3.63) is 23.9 Å². The van der Waals surface area contributed by atoms with Crippen LogP contribution in [-0.4, -0.2) is 64.6 Å². The van der Waals surface area contributed by atoms with Crippen molar-refractivity contribution < 1.29 is 14.4 Å². The first-order valence-corrected chi connectivity index (χ1v) is 8.22. The van der Waals surface area contributed by atoms with Crippen molar-refractivity contribution in [1.82, 2.24) is 20.1 Å². The summed E-state index contributed by atoms with van der Waals surface area (Å²) in [7, 11) is 0. The van der Waals surface area contributed by atoms with Crippen LogP contribution in [-0.2, 0) is 4.79 Å². The molecule has 0 aliphatic carbocycles. The number of carbonyl (C=O) groups is 3. The van der Waals surface area contributed by atoms with Crippen molar-refractivity contribution in [2.24, 2.45) is 0 Å². The molecule has 0 radical (unpaired) electrons. The average molecular weight is 320 g/mol. The van der Waals surface area contributed by atoms with E-state index in [0.29, 0.717) is 30.1 Å². The molecule has 0 spiro atoms. The lowest BCUT2D eigenvalue weighted by atomic mass is 10.2. The quantitative estimate of drug-likeness (QED) is 0.650. The highest BCUT2D eigenvalue weighted by Crippen LogP contribution is 2.23. The molecular formula is C14H16N4O3S. The van der Waals surface area contributed by atoms with Crippen molar-refractivity contribution in [3.8, 4) is 0 Å². The first kappa shape index (κ1) is 14.8. The van der Waals surface area contributed by atoms with E-state index in [2.05, 4.69) is 10.3 Å². The fourth-order valence-corrected chi connectivity index (χ4v) is 3.37. The van der Waals surface area contributed by atoms with E-state index in [0.717, 1.165) is 0 Å². The number of amides is 4. The third-order valence-corrected chi connectivity index (χ3v) is 4.60. The van der Waals surface area contributed by atoms with Gasteiger partial charge in [0.2, 0.25) is 5.91 Å².